The van der Waals surface area contributed by atoms with Crippen LogP contribution in [-0.2, 0) is 9.53 Å². The number of benzene rings is 1. The van der Waals surface area contributed by atoms with Gasteiger partial charge in [-0.3, -0.25) is 4.79 Å². The molecule has 2 unspecified atom stereocenters. The number of carboxylic acids is 1. The Kier molecular flexibility index (Phi) is 3.99. The Hall–Kier alpha value is -1.63. The summed E-state index contributed by atoms with van der Waals surface area (Å²) in [6, 6.07) is 3.88. The van der Waals surface area contributed by atoms with Crippen molar-refractivity contribution >= 4 is 29.2 Å². The topological polar surface area (TPSA) is 102 Å². The van der Waals surface area contributed by atoms with Crippen molar-refractivity contribution in [2.24, 2.45) is 11.1 Å². The summed E-state index contributed by atoms with van der Waals surface area (Å²) in [4.78, 5) is 23.3. The van der Waals surface area contributed by atoms with E-state index in [0.29, 0.717) is 12.3 Å². The molecule has 0 aromatic heterocycles. The summed E-state index contributed by atoms with van der Waals surface area (Å²) in [6.07, 6.45) is 0. The Bertz CT molecular complexity index is 563. The first-order chi connectivity index (χ1) is 9.34. The van der Waals surface area contributed by atoms with Gasteiger partial charge in [0.1, 0.15) is 0 Å². The average Bonchev–Trinajstić information content (AvgIpc) is 2.73. The summed E-state index contributed by atoms with van der Waals surface area (Å²) >= 11 is 5.77. The van der Waals surface area contributed by atoms with E-state index in [4.69, 9.17) is 27.2 Å². The molecule has 0 spiro atoms. The number of carbonyl (C=O) groups is 2. The molecule has 1 heterocycles. The van der Waals surface area contributed by atoms with E-state index in [1.165, 1.54) is 18.2 Å². The molecular formula is C13H15ClN2O4. The van der Waals surface area contributed by atoms with Gasteiger partial charge >= 0.3 is 5.97 Å². The first-order valence-electron chi connectivity index (χ1n) is 6.02. The Balaban J connectivity index is 2.20. The van der Waals surface area contributed by atoms with Gasteiger partial charge in [-0.1, -0.05) is 11.6 Å². The van der Waals surface area contributed by atoms with Gasteiger partial charge < -0.3 is 20.9 Å². The van der Waals surface area contributed by atoms with Gasteiger partial charge in [0.2, 0.25) is 5.91 Å². The zero-order chi connectivity index (χ0) is 14.9. The predicted octanol–water partition coefficient (Wildman–Crippen LogP) is 1.34. The Morgan fingerprint density at radius 1 is 1.55 bits per heavy atom. The van der Waals surface area contributed by atoms with Crippen LogP contribution in [0.25, 0.3) is 0 Å². The fourth-order valence-corrected chi connectivity index (χ4v) is 2.16. The number of carboxylic acid groups (broad SMARTS) is 1. The third-order valence-electron chi connectivity index (χ3n) is 3.49. The lowest BCUT2D eigenvalue weighted by molar-refractivity contribution is -0.125. The molecule has 4 N–H and O–H groups in total. The highest BCUT2D eigenvalue weighted by atomic mass is 35.5. The van der Waals surface area contributed by atoms with Crippen LogP contribution in [0, 0.1) is 5.41 Å². The van der Waals surface area contributed by atoms with Crippen molar-refractivity contribution in [3.8, 4) is 0 Å². The minimum Gasteiger partial charge on any atom is -0.478 e. The lowest BCUT2D eigenvalue weighted by atomic mass is 9.85. The molecule has 1 aliphatic heterocycles. The van der Waals surface area contributed by atoms with Gasteiger partial charge in [0.15, 0.2) is 0 Å². The van der Waals surface area contributed by atoms with Crippen molar-refractivity contribution in [3.63, 3.8) is 0 Å². The molecule has 0 radical (unpaired) electrons. The van der Waals surface area contributed by atoms with Crippen LogP contribution in [0.2, 0.25) is 5.02 Å². The molecule has 0 saturated carbocycles. The molecular weight excluding hydrogens is 284 g/mol. The number of nitrogens with one attached hydrogen (secondary N) is 1. The second-order valence-corrected chi connectivity index (χ2v) is 5.40. The Morgan fingerprint density at radius 2 is 2.25 bits per heavy atom. The third-order valence-corrected chi connectivity index (χ3v) is 3.82. The summed E-state index contributed by atoms with van der Waals surface area (Å²) in [7, 11) is 0. The number of rotatable bonds is 3. The minimum atomic E-state index is -1.15. The number of amides is 1. The van der Waals surface area contributed by atoms with Crippen molar-refractivity contribution in [1.82, 2.24) is 0 Å². The van der Waals surface area contributed by atoms with Crippen molar-refractivity contribution in [2.45, 2.75) is 13.0 Å². The van der Waals surface area contributed by atoms with E-state index in [2.05, 4.69) is 5.32 Å². The molecule has 6 nitrogen and oxygen atoms in total. The number of anilines is 1. The average molecular weight is 299 g/mol. The molecule has 1 aromatic carbocycles. The Labute approximate surface area is 120 Å². The SMILES string of the molecule is CC1(C(=O)Nc2ccc(Cl)c(C(=O)O)c2)COCC1N. The molecule has 0 bridgehead atoms. The lowest BCUT2D eigenvalue weighted by Crippen LogP contribution is -2.47. The van der Waals surface area contributed by atoms with Gasteiger partial charge in [-0.05, 0) is 25.1 Å². The fourth-order valence-electron chi connectivity index (χ4n) is 1.96. The molecule has 0 aliphatic carbocycles. The standard InChI is InChI=1S/C13H15ClN2O4/c1-13(6-20-5-10(13)15)12(19)16-7-2-3-9(14)8(4-7)11(17)18/h2-4,10H,5-6,15H2,1H3,(H,16,19)(H,17,18). The monoisotopic (exact) mass is 298 g/mol. The van der Waals surface area contributed by atoms with Crippen LogP contribution in [0.4, 0.5) is 5.69 Å². The molecule has 1 saturated heterocycles. The van der Waals surface area contributed by atoms with Crippen LogP contribution in [-0.4, -0.2) is 36.2 Å². The molecule has 1 amide bonds. The first kappa shape index (κ1) is 14.8. The van der Waals surface area contributed by atoms with Crippen LogP contribution in [0.1, 0.15) is 17.3 Å². The lowest BCUT2D eigenvalue weighted by Gasteiger charge is -2.25. The number of hydrogen-bond donors (Lipinski definition) is 3. The fraction of sp³-hybridized carbons (Fsp3) is 0.385. The van der Waals surface area contributed by atoms with Crippen LogP contribution < -0.4 is 11.1 Å². The third kappa shape index (κ3) is 2.63. The second kappa shape index (κ2) is 5.40. The highest BCUT2D eigenvalue weighted by molar-refractivity contribution is 6.33. The van der Waals surface area contributed by atoms with Crippen LogP contribution in [0.3, 0.4) is 0 Å². The molecule has 108 valence electrons. The number of carbonyl (C=O) groups excluding carboxylic acids is 1. The molecule has 1 aromatic rings. The van der Waals surface area contributed by atoms with Gasteiger partial charge in [0.05, 0.1) is 29.2 Å². The molecule has 1 fully saturated rings. The van der Waals surface area contributed by atoms with Crippen molar-refractivity contribution in [3.05, 3.63) is 28.8 Å². The van der Waals surface area contributed by atoms with E-state index in [9.17, 15) is 9.59 Å². The van der Waals surface area contributed by atoms with Gasteiger partial charge in [0.25, 0.3) is 0 Å². The van der Waals surface area contributed by atoms with Crippen LogP contribution in [0.5, 0.6) is 0 Å². The van der Waals surface area contributed by atoms with Crippen molar-refractivity contribution < 1.29 is 19.4 Å². The van der Waals surface area contributed by atoms with Gasteiger partial charge in [0, 0.05) is 11.7 Å². The molecule has 20 heavy (non-hydrogen) atoms. The molecule has 2 rings (SSSR count). The van der Waals surface area contributed by atoms with Crippen LogP contribution >= 0.6 is 11.6 Å². The van der Waals surface area contributed by atoms with Gasteiger partial charge in [-0.15, -0.1) is 0 Å². The Morgan fingerprint density at radius 3 is 2.80 bits per heavy atom. The minimum absolute atomic E-state index is 0.0680. The summed E-state index contributed by atoms with van der Waals surface area (Å²) in [5.41, 5.74) is 5.33. The summed E-state index contributed by atoms with van der Waals surface area (Å²) in [5, 5.41) is 11.8. The van der Waals surface area contributed by atoms with E-state index < -0.39 is 17.4 Å². The van der Waals surface area contributed by atoms with E-state index in [1.54, 1.807) is 6.92 Å². The smallest absolute Gasteiger partial charge is 0.337 e. The number of hydrogen-bond acceptors (Lipinski definition) is 4. The van der Waals surface area contributed by atoms with Crippen molar-refractivity contribution in [2.75, 3.05) is 18.5 Å². The summed E-state index contributed by atoms with van der Waals surface area (Å²) in [6.45, 7) is 2.28. The predicted molar refractivity (Wildman–Crippen MR) is 73.9 cm³/mol. The maximum absolute atomic E-state index is 12.3. The van der Waals surface area contributed by atoms with E-state index in [1.807, 2.05) is 0 Å². The maximum Gasteiger partial charge on any atom is 0.337 e. The zero-order valence-electron chi connectivity index (χ0n) is 10.9. The van der Waals surface area contributed by atoms with Gasteiger partial charge in [-0.25, -0.2) is 4.79 Å². The number of nitrogens with two attached hydrogens (primary N) is 1. The quantitative estimate of drug-likeness (QED) is 0.781. The second-order valence-electron chi connectivity index (χ2n) is 4.99. The molecule has 1 aliphatic rings. The zero-order valence-corrected chi connectivity index (χ0v) is 11.6. The number of ether oxygens (including phenoxy) is 1. The highest BCUT2D eigenvalue weighted by Crippen LogP contribution is 2.29. The molecule has 7 heteroatoms. The molecule has 2 atom stereocenters. The number of aromatic carboxylic acids is 1. The normalized spacial score (nSPS) is 25.4. The maximum atomic E-state index is 12.3. The number of halogens is 1. The van der Waals surface area contributed by atoms with E-state index >= 15 is 0 Å². The summed E-state index contributed by atoms with van der Waals surface area (Å²) < 4.78 is 5.21. The largest absolute Gasteiger partial charge is 0.478 e. The first-order valence-corrected chi connectivity index (χ1v) is 6.40. The van der Waals surface area contributed by atoms with Crippen molar-refractivity contribution in [1.29, 1.82) is 0 Å². The highest BCUT2D eigenvalue weighted by Gasteiger charge is 2.44. The van der Waals surface area contributed by atoms with Crippen LogP contribution in [0.15, 0.2) is 18.2 Å². The van der Waals surface area contributed by atoms with E-state index in [0.717, 1.165) is 0 Å². The summed E-state index contributed by atoms with van der Waals surface area (Å²) in [5.74, 6) is -1.46. The van der Waals surface area contributed by atoms with E-state index in [-0.39, 0.29) is 23.1 Å². The van der Waals surface area contributed by atoms with Gasteiger partial charge in [-0.2, -0.15) is 0 Å².